The van der Waals surface area contributed by atoms with Crippen LogP contribution < -0.4 is 0 Å². The molecule has 1 aromatic heterocycles. The highest BCUT2D eigenvalue weighted by Crippen LogP contribution is 2.39. The predicted molar refractivity (Wildman–Crippen MR) is 73.3 cm³/mol. The first kappa shape index (κ1) is 12.9. The number of furan rings is 1. The monoisotopic (exact) mass is 324 g/mol. The SMILES string of the molecule is OC1(Cc2ccc(F)cc2Br)CCCc2occc21. The van der Waals surface area contributed by atoms with Crippen LogP contribution in [0.25, 0.3) is 0 Å². The van der Waals surface area contributed by atoms with Crippen molar-refractivity contribution in [3.8, 4) is 0 Å². The summed E-state index contributed by atoms with van der Waals surface area (Å²) in [6, 6.07) is 6.40. The maximum absolute atomic E-state index is 13.1. The molecule has 1 aliphatic carbocycles. The Hall–Kier alpha value is -1.13. The fourth-order valence-corrected chi connectivity index (χ4v) is 3.28. The minimum absolute atomic E-state index is 0.282. The van der Waals surface area contributed by atoms with Crippen LogP contribution in [0.3, 0.4) is 0 Å². The molecule has 0 fully saturated rings. The lowest BCUT2D eigenvalue weighted by Crippen LogP contribution is -2.32. The standard InChI is InChI=1S/C15H14BrFO2/c16-13-8-11(17)4-3-10(13)9-15(18)6-1-2-14-12(15)5-7-19-14/h3-5,7-8,18H,1-2,6,9H2. The van der Waals surface area contributed by atoms with Gasteiger partial charge >= 0.3 is 0 Å². The van der Waals surface area contributed by atoms with Gasteiger partial charge in [0.1, 0.15) is 11.6 Å². The molecule has 3 rings (SSSR count). The summed E-state index contributed by atoms with van der Waals surface area (Å²) in [5, 5.41) is 10.9. The van der Waals surface area contributed by atoms with E-state index in [4.69, 9.17) is 4.42 Å². The molecule has 1 atom stereocenters. The zero-order chi connectivity index (χ0) is 13.5. The molecule has 1 aliphatic rings. The summed E-state index contributed by atoms with van der Waals surface area (Å²) in [6.45, 7) is 0. The van der Waals surface area contributed by atoms with Crippen molar-refractivity contribution in [2.75, 3.05) is 0 Å². The minimum Gasteiger partial charge on any atom is -0.469 e. The molecule has 0 saturated heterocycles. The zero-order valence-electron chi connectivity index (χ0n) is 10.3. The number of aryl methyl sites for hydroxylation is 1. The van der Waals surface area contributed by atoms with Gasteiger partial charge in [-0.15, -0.1) is 0 Å². The zero-order valence-corrected chi connectivity index (χ0v) is 11.9. The topological polar surface area (TPSA) is 33.4 Å². The second-order valence-corrected chi connectivity index (χ2v) is 5.91. The Bertz CT molecular complexity index is 608. The van der Waals surface area contributed by atoms with Crippen molar-refractivity contribution in [1.29, 1.82) is 0 Å². The second-order valence-electron chi connectivity index (χ2n) is 5.06. The van der Waals surface area contributed by atoms with Crippen molar-refractivity contribution in [3.05, 3.63) is 57.7 Å². The number of aliphatic hydroxyl groups is 1. The van der Waals surface area contributed by atoms with Crippen LogP contribution in [-0.2, 0) is 18.4 Å². The number of hydrogen-bond donors (Lipinski definition) is 1. The average Bonchev–Trinajstić information content (AvgIpc) is 2.83. The van der Waals surface area contributed by atoms with Crippen LogP contribution in [0.2, 0.25) is 0 Å². The molecule has 0 radical (unpaired) electrons. The molecule has 4 heteroatoms. The molecule has 100 valence electrons. The third-order valence-electron chi connectivity index (χ3n) is 3.74. The van der Waals surface area contributed by atoms with Gasteiger partial charge in [0.25, 0.3) is 0 Å². The van der Waals surface area contributed by atoms with E-state index in [1.165, 1.54) is 12.1 Å². The van der Waals surface area contributed by atoms with E-state index in [0.717, 1.165) is 29.7 Å². The van der Waals surface area contributed by atoms with Crippen LogP contribution in [0.15, 0.2) is 39.4 Å². The van der Waals surface area contributed by atoms with Gasteiger partial charge in [-0.1, -0.05) is 22.0 Å². The third-order valence-corrected chi connectivity index (χ3v) is 4.48. The van der Waals surface area contributed by atoms with Crippen molar-refractivity contribution in [1.82, 2.24) is 0 Å². The first-order valence-electron chi connectivity index (χ1n) is 6.32. The number of halogens is 2. The number of rotatable bonds is 2. The van der Waals surface area contributed by atoms with E-state index in [9.17, 15) is 9.50 Å². The molecular formula is C15H14BrFO2. The number of benzene rings is 1. The van der Waals surface area contributed by atoms with Gasteiger partial charge in [-0.2, -0.15) is 0 Å². The first-order valence-corrected chi connectivity index (χ1v) is 7.11. The summed E-state index contributed by atoms with van der Waals surface area (Å²) in [4.78, 5) is 0. The summed E-state index contributed by atoms with van der Waals surface area (Å²) < 4.78 is 19.2. The predicted octanol–water partition coefficient (Wildman–Crippen LogP) is 3.95. The first-order chi connectivity index (χ1) is 9.08. The van der Waals surface area contributed by atoms with Gasteiger partial charge in [-0.25, -0.2) is 4.39 Å². The Morgan fingerprint density at radius 3 is 3.00 bits per heavy atom. The minimum atomic E-state index is -0.916. The fraction of sp³-hybridized carbons (Fsp3) is 0.333. The largest absolute Gasteiger partial charge is 0.469 e. The summed E-state index contributed by atoms with van der Waals surface area (Å²) in [6.07, 6.45) is 4.55. The maximum atomic E-state index is 13.1. The van der Waals surface area contributed by atoms with E-state index >= 15 is 0 Å². The van der Waals surface area contributed by atoms with Crippen LogP contribution in [0, 0.1) is 5.82 Å². The quantitative estimate of drug-likeness (QED) is 0.907. The molecule has 0 amide bonds. The molecule has 19 heavy (non-hydrogen) atoms. The van der Waals surface area contributed by atoms with E-state index in [2.05, 4.69) is 15.9 Å². The Morgan fingerprint density at radius 1 is 1.37 bits per heavy atom. The Kier molecular flexibility index (Phi) is 3.23. The van der Waals surface area contributed by atoms with Crippen LogP contribution in [0.4, 0.5) is 4.39 Å². The molecule has 1 N–H and O–H groups in total. The van der Waals surface area contributed by atoms with Crippen molar-refractivity contribution in [3.63, 3.8) is 0 Å². The van der Waals surface area contributed by atoms with Gasteiger partial charge in [-0.05, 0) is 36.6 Å². The van der Waals surface area contributed by atoms with Crippen LogP contribution >= 0.6 is 15.9 Å². The van der Waals surface area contributed by atoms with Crippen molar-refractivity contribution in [2.24, 2.45) is 0 Å². The fourth-order valence-electron chi connectivity index (χ4n) is 2.79. The highest BCUT2D eigenvalue weighted by Gasteiger charge is 2.36. The molecule has 1 aromatic carbocycles. The summed E-state index contributed by atoms with van der Waals surface area (Å²) >= 11 is 3.35. The number of fused-ring (bicyclic) bond motifs is 1. The smallest absolute Gasteiger partial charge is 0.124 e. The summed E-state index contributed by atoms with van der Waals surface area (Å²) in [5.74, 6) is 0.585. The van der Waals surface area contributed by atoms with E-state index < -0.39 is 5.60 Å². The normalized spacial score (nSPS) is 22.3. The van der Waals surface area contributed by atoms with E-state index in [1.807, 2.05) is 6.07 Å². The summed E-state index contributed by atoms with van der Waals surface area (Å²) in [5.41, 5.74) is 0.855. The van der Waals surface area contributed by atoms with Gasteiger partial charge in [0.05, 0.1) is 11.9 Å². The molecule has 2 aromatic rings. The molecule has 2 nitrogen and oxygen atoms in total. The van der Waals surface area contributed by atoms with Gasteiger partial charge in [0.2, 0.25) is 0 Å². The molecule has 0 spiro atoms. The molecule has 1 unspecified atom stereocenters. The van der Waals surface area contributed by atoms with E-state index in [1.54, 1.807) is 12.3 Å². The molecule has 0 bridgehead atoms. The maximum Gasteiger partial charge on any atom is 0.124 e. The van der Waals surface area contributed by atoms with Crippen LogP contribution in [-0.4, -0.2) is 5.11 Å². The van der Waals surface area contributed by atoms with Crippen molar-refractivity contribution in [2.45, 2.75) is 31.3 Å². The van der Waals surface area contributed by atoms with E-state index in [0.29, 0.717) is 17.3 Å². The third kappa shape index (κ3) is 2.35. The van der Waals surface area contributed by atoms with Crippen LogP contribution in [0.1, 0.15) is 29.7 Å². The summed E-state index contributed by atoms with van der Waals surface area (Å²) in [7, 11) is 0. The molecule has 0 saturated carbocycles. The van der Waals surface area contributed by atoms with Crippen LogP contribution in [0.5, 0.6) is 0 Å². The van der Waals surface area contributed by atoms with Gasteiger partial charge in [0.15, 0.2) is 0 Å². The Morgan fingerprint density at radius 2 is 2.21 bits per heavy atom. The lowest BCUT2D eigenvalue weighted by Gasteiger charge is -2.32. The average molecular weight is 325 g/mol. The van der Waals surface area contributed by atoms with Gasteiger partial charge in [-0.3, -0.25) is 0 Å². The van der Waals surface area contributed by atoms with Gasteiger partial charge in [0, 0.05) is 22.9 Å². The molecule has 1 heterocycles. The highest BCUT2D eigenvalue weighted by molar-refractivity contribution is 9.10. The second kappa shape index (κ2) is 4.76. The highest BCUT2D eigenvalue weighted by atomic mass is 79.9. The Labute approximate surface area is 119 Å². The van der Waals surface area contributed by atoms with Crippen molar-refractivity contribution >= 4 is 15.9 Å². The van der Waals surface area contributed by atoms with Gasteiger partial charge < -0.3 is 9.52 Å². The Balaban J connectivity index is 1.95. The molecular weight excluding hydrogens is 311 g/mol. The number of hydrogen-bond acceptors (Lipinski definition) is 2. The lowest BCUT2D eigenvalue weighted by atomic mass is 9.79. The van der Waals surface area contributed by atoms with Crippen molar-refractivity contribution < 1.29 is 13.9 Å². The van der Waals surface area contributed by atoms with E-state index in [-0.39, 0.29) is 5.82 Å². The lowest BCUT2D eigenvalue weighted by molar-refractivity contribution is 0.0167. The molecule has 0 aliphatic heterocycles.